The molecule has 0 aliphatic carbocycles. The van der Waals surface area contributed by atoms with Crippen LogP contribution in [0.4, 0.5) is 5.69 Å². The number of carbonyl (C=O) groups is 2. The molecule has 0 atom stereocenters. The van der Waals surface area contributed by atoms with Crippen molar-refractivity contribution in [2.45, 2.75) is 0 Å². The SMILES string of the molecule is O=C1NC(=O)c2c1cccc2N1CCOCC1. The molecule has 5 nitrogen and oxygen atoms in total. The van der Waals surface area contributed by atoms with Crippen LogP contribution >= 0.6 is 0 Å². The van der Waals surface area contributed by atoms with Crippen molar-refractivity contribution in [2.24, 2.45) is 0 Å². The molecular formula is C12H12N2O3. The molecule has 0 radical (unpaired) electrons. The van der Waals surface area contributed by atoms with Crippen molar-refractivity contribution in [1.82, 2.24) is 5.32 Å². The van der Waals surface area contributed by atoms with E-state index in [0.717, 1.165) is 18.8 Å². The van der Waals surface area contributed by atoms with Gasteiger partial charge in [0, 0.05) is 13.1 Å². The van der Waals surface area contributed by atoms with Crippen LogP contribution in [-0.4, -0.2) is 38.1 Å². The highest BCUT2D eigenvalue weighted by Gasteiger charge is 2.31. The summed E-state index contributed by atoms with van der Waals surface area (Å²) in [5.41, 5.74) is 1.80. The molecule has 88 valence electrons. The van der Waals surface area contributed by atoms with Gasteiger partial charge in [-0.1, -0.05) is 6.07 Å². The van der Waals surface area contributed by atoms with E-state index < -0.39 is 0 Å². The summed E-state index contributed by atoms with van der Waals surface area (Å²) in [7, 11) is 0. The molecule has 17 heavy (non-hydrogen) atoms. The molecule has 0 aromatic heterocycles. The van der Waals surface area contributed by atoms with Gasteiger partial charge in [-0.15, -0.1) is 0 Å². The quantitative estimate of drug-likeness (QED) is 0.712. The van der Waals surface area contributed by atoms with Crippen LogP contribution in [0, 0.1) is 0 Å². The number of amides is 2. The van der Waals surface area contributed by atoms with Crippen LogP contribution in [0.5, 0.6) is 0 Å². The smallest absolute Gasteiger partial charge is 0.261 e. The number of fused-ring (bicyclic) bond motifs is 1. The van der Waals surface area contributed by atoms with E-state index in [1.54, 1.807) is 6.07 Å². The second-order valence-corrected chi connectivity index (χ2v) is 4.08. The number of nitrogens with zero attached hydrogens (tertiary/aromatic N) is 1. The van der Waals surface area contributed by atoms with Crippen molar-refractivity contribution in [3.8, 4) is 0 Å². The Morgan fingerprint density at radius 1 is 1.12 bits per heavy atom. The molecule has 2 heterocycles. The molecule has 1 N–H and O–H groups in total. The number of anilines is 1. The molecule has 1 aromatic rings. The fourth-order valence-corrected chi connectivity index (χ4v) is 2.27. The minimum absolute atomic E-state index is 0.299. The summed E-state index contributed by atoms with van der Waals surface area (Å²) in [6, 6.07) is 5.36. The van der Waals surface area contributed by atoms with Gasteiger partial charge in [0.1, 0.15) is 0 Å². The Balaban J connectivity index is 2.06. The zero-order valence-corrected chi connectivity index (χ0v) is 9.23. The fourth-order valence-electron chi connectivity index (χ4n) is 2.27. The lowest BCUT2D eigenvalue weighted by Crippen LogP contribution is -2.37. The number of imide groups is 1. The lowest BCUT2D eigenvalue weighted by Gasteiger charge is -2.29. The van der Waals surface area contributed by atoms with Crippen molar-refractivity contribution in [3.05, 3.63) is 29.3 Å². The molecule has 1 fully saturated rings. The first-order chi connectivity index (χ1) is 8.27. The largest absolute Gasteiger partial charge is 0.378 e. The Labute approximate surface area is 98.4 Å². The Morgan fingerprint density at radius 3 is 2.65 bits per heavy atom. The first-order valence-corrected chi connectivity index (χ1v) is 5.59. The predicted molar refractivity (Wildman–Crippen MR) is 61.3 cm³/mol. The summed E-state index contributed by atoms with van der Waals surface area (Å²) in [5, 5.41) is 2.33. The summed E-state index contributed by atoms with van der Waals surface area (Å²) in [6.45, 7) is 2.80. The van der Waals surface area contributed by atoms with Crippen molar-refractivity contribution in [2.75, 3.05) is 31.2 Å². The highest BCUT2D eigenvalue weighted by atomic mass is 16.5. The van der Waals surface area contributed by atoms with E-state index in [-0.39, 0.29) is 11.8 Å². The van der Waals surface area contributed by atoms with Gasteiger partial charge >= 0.3 is 0 Å². The van der Waals surface area contributed by atoms with E-state index in [1.165, 1.54) is 0 Å². The van der Waals surface area contributed by atoms with Gasteiger partial charge in [0.25, 0.3) is 11.8 Å². The van der Waals surface area contributed by atoms with E-state index in [1.807, 2.05) is 12.1 Å². The van der Waals surface area contributed by atoms with Gasteiger partial charge in [-0.25, -0.2) is 0 Å². The fraction of sp³-hybridized carbons (Fsp3) is 0.333. The Bertz CT molecular complexity index is 493. The third-order valence-corrected chi connectivity index (χ3v) is 3.09. The maximum absolute atomic E-state index is 11.7. The van der Waals surface area contributed by atoms with Crippen LogP contribution in [0.1, 0.15) is 20.7 Å². The second kappa shape index (κ2) is 3.85. The average molecular weight is 232 g/mol. The molecule has 3 rings (SSSR count). The maximum atomic E-state index is 11.7. The van der Waals surface area contributed by atoms with Crippen molar-refractivity contribution in [1.29, 1.82) is 0 Å². The van der Waals surface area contributed by atoms with Crippen LogP contribution in [0.3, 0.4) is 0 Å². The van der Waals surface area contributed by atoms with E-state index in [0.29, 0.717) is 24.3 Å². The van der Waals surface area contributed by atoms with Gasteiger partial charge in [-0.3, -0.25) is 14.9 Å². The number of nitrogens with one attached hydrogen (secondary N) is 1. The zero-order chi connectivity index (χ0) is 11.8. The third-order valence-electron chi connectivity index (χ3n) is 3.09. The predicted octanol–water partition coefficient (Wildman–Crippen LogP) is 0.407. The summed E-state index contributed by atoms with van der Waals surface area (Å²) in [6.07, 6.45) is 0. The van der Waals surface area contributed by atoms with Crippen LogP contribution in [0.25, 0.3) is 0 Å². The first-order valence-electron chi connectivity index (χ1n) is 5.59. The molecule has 1 aromatic carbocycles. The average Bonchev–Trinajstić information content (AvgIpc) is 2.66. The zero-order valence-electron chi connectivity index (χ0n) is 9.23. The molecule has 5 heteroatoms. The molecular weight excluding hydrogens is 220 g/mol. The number of morpholine rings is 1. The first kappa shape index (κ1) is 10.3. The summed E-state index contributed by atoms with van der Waals surface area (Å²) in [4.78, 5) is 25.4. The molecule has 1 saturated heterocycles. The molecule has 0 unspecified atom stereocenters. The number of rotatable bonds is 1. The van der Waals surface area contributed by atoms with Crippen LogP contribution < -0.4 is 10.2 Å². The lowest BCUT2D eigenvalue weighted by molar-refractivity contribution is 0.0879. The Kier molecular flexibility index (Phi) is 2.33. The number of ether oxygens (including phenoxy) is 1. The molecule has 2 amide bonds. The van der Waals surface area contributed by atoms with Crippen LogP contribution in [-0.2, 0) is 4.74 Å². The highest BCUT2D eigenvalue weighted by Crippen LogP contribution is 2.27. The minimum atomic E-state index is -0.305. The molecule has 2 aliphatic rings. The monoisotopic (exact) mass is 232 g/mol. The molecule has 2 aliphatic heterocycles. The maximum Gasteiger partial charge on any atom is 0.261 e. The highest BCUT2D eigenvalue weighted by molar-refractivity contribution is 6.23. The standard InChI is InChI=1S/C12H12N2O3/c15-11-8-2-1-3-9(10(8)12(16)13-11)14-4-6-17-7-5-14/h1-3H,4-7H2,(H,13,15,16). The van der Waals surface area contributed by atoms with Gasteiger partial charge < -0.3 is 9.64 Å². The van der Waals surface area contributed by atoms with Gasteiger partial charge in [-0.2, -0.15) is 0 Å². The van der Waals surface area contributed by atoms with Gasteiger partial charge in [0.2, 0.25) is 0 Å². The van der Waals surface area contributed by atoms with Crippen molar-refractivity contribution in [3.63, 3.8) is 0 Å². The van der Waals surface area contributed by atoms with Crippen molar-refractivity contribution < 1.29 is 14.3 Å². The van der Waals surface area contributed by atoms with Crippen LogP contribution in [0.15, 0.2) is 18.2 Å². The minimum Gasteiger partial charge on any atom is -0.378 e. The van der Waals surface area contributed by atoms with E-state index in [2.05, 4.69) is 10.2 Å². The summed E-state index contributed by atoms with van der Waals surface area (Å²) < 4.78 is 5.28. The van der Waals surface area contributed by atoms with E-state index in [9.17, 15) is 9.59 Å². The number of carbonyl (C=O) groups excluding carboxylic acids is 2. The Morgan fingerprint density at radius 2 is 1.88 bits per heavy atom. The number of benzene rings is 1. The van der Waals surface area contributed by atoms with E-state index in [4.69, 9.17) is 4.74 Å². The van der Waals surface area contributed by atoms with E-state index >= 15 is 0 Å². The second-order valence-electron chi connectivity index (χ2n) is 4.08. The summed E-state index contributed by atoms with van der Waals surface area (Å²) in [5.74, 6) is -0.604. The van der Waals surface area contributed by atoms with Crippen LogP contribution in [0.2, 0.25) is 0 Å². The van der Waals surface area contributed by atoms with Crippen molar-refractivity contribution >= 4 is 17.5 Å². The Hall–Kier alpha value is -1.88. The topological polar surface area (TPSA) is 58.6 Å². The normalized spacial score (nSPS) is 19.2. The van der Waals surface area contributed by atoms with Gasteiger partial charge in [0.05, 0.1) is 30.0 Å². The summed E-state index contributed by atoms with van der Waals surface area (Å²) >= 11 is 0. The van der Waals surface area contributed by atoms with Gasteiger partial charge in [-0.05, 0) is 12.1 Å². The third kappa shape index (κ3) is 1.59. The number of hydrogen-bond acceptors (Lipinski definition) is 4. The molecule has 0 saturated carbocycles. The molecule has 0 bridgehead atoms. The van der Waals surface area contributed by atoms with Gasteiger partial charge in [0.15, 0.2) is 0 Å². The lowest BCUT2D eigenvalue weighted by atomic mass is 10.1. The number of hydrogen-bond donors (Lipinski definition) is 1. The molecule has 0 spiro atoms.